The molecule has 1 aromatic rings. The highest BCUT2D eigenvalue weighted by Gasteiger charge is 2.31. The normalized spacial score (nSPS) is 18.6. The largest absolute Gasteiger partial charge is 0.495 e. The number of aldehydes is 1. The second-order valence-corrected chi connectivity index (χ2v) is 3.03. The number of carbonyl (C=O) groups is 2. The van der Waals surface area contributed by atoms with Gasteiger partial charge in [-0.2, -0.15) is 0 Å². The second kappa shape index (κ2) is 3.14. The topological polar surface area (TPSA) is 55.4 Å². The lowest BCUT2D eigenvalue weighted by Crippen LogP contribution is -2.12. The molecule has 1 amide bonds. The van der Waals surface area contributed by atoms with Crippen LogP contribution >= 0.6 is 0 Å². The highest BCUT2D eigenvalue weighted by atomic mass is 16.5. The Morgan fingerprint density at radius 1 is 1.50 bits per heavy atom. The van der Waals surface area contributed by atoms with E-state index in [4.69, 9.17) is 4.74 Å². The number of carbonyl (C=O) groups excluding carboxylic acids is 2. The van der Waals surface area contributed by atoms with Gasteiger partial charge in [-0.05, 0) is 11.6 Å². The molecule has 0 fully saturated rings. The van der Waals surface area contributed by atoms with Gasteiger partial charge in [-0.25, -0.2) is 0 Å². The Morgan fingerprint density at radius 3 is 2.93 bits per heavy atom. The number of amides is 1. The van der Waals surface area contributed by atoms with Gasteiger partial charge in [0.25, 0.3) is 0 Å². The summed E-state index contributed by atoms with van der Waals surface area (Å²) in [4.78, 5) is 22.0. The Labute approximate surface area is 80.9 Å². The van der Waals surface area contributed by atoms with E-state index in [1.54, 1.807) is 18.2 Å². The lowest BCUT2D eigenvalue weighted by Gasteiger charge is -2.05. The first kappa shape index (κ1) is 8.74. The third-order valence-corrected chi connectivity index (χ3v) is 2.28. The number of ether oxygens (including phenoxy) is 1. The van der Waals surface area contributed by atoms with Crippen LogP contribution in [0.2, 0.25) is 0 Å². The van der Waals surface area contributed by atoms with Gasteiger partial charge in [0.2, 0.25) is 5.91 Å². The molecule has 4 nitrogen and oxygen atoms in total. The third-order valence-electron chi connectivity index (χ3n) is 2.28. The molecule has 0 saturated heterocycles. The zero-order valence-electron chi connectivity index (χ0n) is 7.61. The number of hydrogen-bond acceptors (Lipinski definition) is 3. The minimum atomic E-state index is -0.694. The fourth-order valence-electron chi connectivity index (χ4n) is 1.59. The predicted molar refractivity (Wildman–Crippen MR) is 50.4 cm³/mol. The van der Waals surface area contributed by atoms with Gasteiger partial charge in [0.05, 0.1) is 12.8 Å². The van der Waals surface area contributed by atoms with Crippen molar-refractivity contribution in [2.75, 3.05) is 12.4 Å². The third kappa shape index (κ3) is 1.08. The average Bonchev–Trinajstić information content (AvgIpc) is 2.52. The van der Waals surface area contributed by atoms with Gasteiger partial charge in [0, 0.05) is 0 Å². The van der Waals surface area contributed by atoms with E-state index in [9.17, 15) is 9.59 Å². The molecule has 0 unspecified atom stereocenters. The Morgan fingerprint density at radius 2 is 2.29 bits per heavy atom. The zero-order valence-corrected chi connectivity index (χ0v) is 7.61. The van der Waals surface area contributed by atoms with Gasteiger partial charge < -0.3 is 14.8 Å². The van der Waals surface area contributed by atoms with E-state index in [2.05, 4.69) is 5.32 Å². The lowest BCUT2D eigenvalue weighted by atomic mass is 10.0. The highest BCUT2D eigenvalue weighted by molar-refractivity contribution is 6.12. The summed E-state index contributed by atoms with van der Waals surface area (Å²) in [5.41, 5.74) is 1.29. The molecule has 0 radical (unpaired) electrons. The van der Waals surface area contributed by atoms with Crippen LogP contribution in [-0.2, 0) is 9.59 Å². The van der Waals surface area contributed by atoms with Crippen LogP contribution in [0.3, 0.4) is 0 Å². The quantitative estimate of drug-likeness (QED) is 0.558. The van der Waals surface area contributed by atoms with Crippen molar-refractivity contribution in [1.82, 2.24) is 0 Å². The van der Waals surface area contributed by atoms with E-state index in [1.165, 1.54) is 7.11 Å². The molecule has 1 aliphatic heterocycles. The maximum Gasteiger partial charge on any atom is 0.239 e. The summed E-state index contributed by atoms with van der Waals surface area (Å²) in [5, 5.41) is 2.62. The number of rotatable bonds is 2. The van der Waals surface area contributed by atoms with E-state index >= 15 is 0 Å². The molecule has 1 heterocycles. The number of methoxy groups -OCH3 is 1. The Bertz CT molecular complexity index is 400. The number of para-hydroxylation sites is 1. The van der Waals surface area contributed by atoms with Gasteiger partial charge >= 0.3 is 0 Å². The molecular weight excluding hydrogens is 182 g/mol. The van der Waals surface area contributed by atoms with Crippen LogP contribution in [-0.4, -0.2) is 19.3 Å². The number of fused-ring (bicyclic) bond motifs is 1. The minimum Gasteiger partial charge on any atom is -0.495 e. The maximum atomic E-state index is 11.3. The lowest BCUT2D eigenvalue weighted by molar-refractivity contribution is -0.121. The molecule has 1 N–H and O–H groups in total. The maximum absolute atomic E-state index is 11.3. The van der Waals surface area contributed by atoms with Gasteiger partial charge in [-0.3, -0.25) is 4.79 Å². The van der Waals surface area contributed by atoms with Crippen molar-refractivity contribution in [3.63, 3.8) is 0 Å². The summed E-state index contributed by atoms with van der Waals surface area (Å²) in [6.45, 7) is 0. The molecule has 0 bridgehead atoms. The summed E-state index contributed by atoms with van der Waals surface area (Å²) in [5.74, 6) is -0.403. The van der Waals surface area contributed by atoms with Gasteiger partial charge in [-0.1, -0.05) is 12.1 Å². The van der Waals surface area contributed by atoms with Crippen molar-refractivity contribution in [2.24, 2.45) is 0 Å². The van der Waals surface area contributed by atoms with Gasteiger partial charge in [0.1, 0.15) is 18.0 Å². The van der Waals surface area contributed by atoms with E-state index in [-0.39, 0.29) is 5.91 Å². The Balaban J connectivity index is 2.56. The van der Waals surface area contributed by atoms with Crippen LogP contribution in [0.4, 0.5) is 5.69 Å². The van der Waals surface area contributed by atoms with Crippen LogP contribution in [0.15, 0.2) is 18.2 Å². The summed E-state index contributed by atoms with van der Waals surface area (Å²) < 4.78 is 5.07. The van der Waals surface area contributed by atoms with E-state index in [0.717, 1.165) is 0 Å². The molecule has 14 heavy (non-hydrogen) atoms. The van der Waals surface area contributed by atoms with Crippen molar-refractivity contribution < 1.29 is 14.3 Å². The second-order valence-electron chi connectivity index (χ2n) is 3.03. The fourth-order valence-corrected chi connectivity index (χ4v) is 1.59. The summed E-state index contributed by atoms with van der Waals surface area (Å²) in [6, 6.07) is 5.25. The molecule has 1 atom stereocenters. The molecule has 0 aliphatic carbocycles. The van der Waals surface area contributed by atoms with E-state index in [1.807, 2.05) is 0 Å². The molecule has 2 rings (SSSR count). The molecule has 72 valence electrons. The predicted octanol–water partition coefficient (Wildman–Crippen LogP) is 0.930. The Kier molecular flexibility index (Phi) is 1.96. The Hall–Kier alpha value is -1.84. The van der Waals surface area contributed by atoms with Crippen LogP contribution < -0.4 is 10.1 Å². The van der Waals surface area contributed by atoms with Gasteiger partial charge in [0.15, 0.2) is 0 Å². The summed E-state index contributed by atoms with van der Waals surface area (Å²) >= 11 is 0. The molecular formula is C10H9NO3. The average molecular weight is 191 g/mol. The molecule has 0 saturated carbocycles. The zero-order chi connectivity index (χ0) is 10.1. The minimum absolute atomic E-state index is 0.292. The SMILES string of the molecule is COc1cccc2c1NC(=O)[C@@H]2C=O. The first-order chi connectivity index (χ1) is 6.77. The fraction of sp³-hybridized carbons (Fsp3) is 0.200. The van der Waals surface area contributed by atoms with Crippen LogP contribution in [0.5, 0.6) is 5.75 Å². The summed E-state index contributed by atoms with van der Waals surface area (Å²) in [7, 11) is 1.52. The van der Waals surface area contributed by atoms with Crippen LogP contribution in [0.25, 0.3) is 0 Å². The molecule has 1 aromatic carbocycles. The van der Waals surface area contributed by atoms with E-state index in [0.29, 0.717) is 23.3 Å². The van der Waals surface area contributed by atoms with Crippen LogP contribution in [0.1, 0.15) is 11.5 Å². The number of hydrogen-bond donors (Lipinski definition) is 1. The first-order valence-corrected chi connectivity index (χ1v) is 4.21. The number of benzene rings is 1. The van der Waals surface area contributed by atoms with E-state index < -0.39 is 5.92 Å². The van der Waals surface area contributed by atoms with Gasteiger partial charge in [-0.15, -0.1) is 0 Å². The van der Waals surface area contributed by atoms with Crippen molar-refractivity contribution in [3.05, 3.63) is 23.8 Å². The standard InChI is InChI=1S/C10H9NO3/c1-14-8-4-2-3-6-7(5-12)10(13)11-9(6)8/h2-5,7H,1H3,(H,11,13)/t7-/m1/s1. The molecule has 0 spiro atoms. The monoisotopic (exact) mass is 191 g/mol. The number of anilines is 1. The van der Waals surface area contributed by atoms with Crippen molar-refractivity contribution in [3.8, 4) is 5.75 Å². The van der Waals surface area contributed by atoms with Crippen molar-refractivity contribution in [1.29, 1.82) is 0 Å². The smallest absolute Gasteiger partial charge is 0.239 e. The molecule has 4 heteroatoms. The van der Waals surface area contributed by atoms with Crippen molar-refractivity contribution >= 4 is 17.9 Å². The molecule has 1 aliphatic rings. The first-order valence-electron chi connectivity index (χ1n) is 4.21. The number of nitrogens with one attached hydrogen (secondary N) is 1. The highest BCUT2D eigenvalue weighted by Crippen LogP contribution is 2.37. The van der Waals surface area contributed by atoms with Crippen LogP contribution in [0, 0.1) is 0 Å². The molecule has 0 aromatic heterocycles. The summed E-state index contributed by atoms with van der Waals surface area (Å²) in [6.07, 6.45) is 0.639. The van der Waals surface area contributed by atoms with Crippen molar-refractivity contribution in [2.45, 2.75) is 5.92 Å².